The van der Waals surface area contributed by atoms with E-state index in [0.29, 0.717) is 11.3 Å². The van der Waals surface area contributed by atoms with Crippen LogP contribution in [0.4, 0.5) is 5.69 Å². The van der Waals surface area contributed by atoms with Crippen LogP contribution in [0.15, 0.2) is 12.3 Å². The molecule has 2 N–H and O–H groups in total. The molecule has 1 aromatic rings. The lowest BCUT2D eigenvalue weighted by atomic mass is 9.48. The molecule has 4 aliphatic carbocycles. The van der Waals surface area contributed by atoms with Gasteiger partial charge in [0.25, 0.3) is 0 Å². The summed E-state index contributed by atoms with van der Waals surface area (Å²) in [6, 6.07) is 2.19. The largest absolute Gasteiger partial charge is 0.397 e. The Kier molecular flexibility index (Phi) is 2.68. The van der Waals surface area contributed by atoms with E-state index in [2.05, 4.69) is 19.9 Å². The molecule has 5 rings (SSSR count). The van der Waals surface area contributed by atoms with Crippen molar-refractivity contribution in [3.8, 4) is 0 Å². The van der Waals surface area contributed by atoms with Crippen molar-refractivity contribution in [2.75, 3.05) is 5.73 Å². The first-order valence-corrected chi connectivity index (χ1v) is 8.31. The minimum Gasteiger partial charge on any atom is -0.397 e. The average molecular weight is 270 g/mol. The van der Waals surface area contributed by atoms with Gasteiger partial charge in [0, 0.05) is 5.41 Å². The van der Waals surface area contributed by atoms with Crippen molar-refractivity contribution < 1.29 is 0 Å². The lowest BCUT2D eigenvalue weighted by Gasteiger charge is -2.57. The van der Waals surface area contributed by atoms with Crippen molar-refractivity contribution in [1.29, 1.82) is 0 Å². The van der Waals surface area contributed by atoms with Gasteiger partial charge in [0.15, 0.2) is 0 Å². The second-order valence-electron chi connectivity index (χ2n) is 8.06. The van der Waals surface area contributed by atoms with E-state index in [0.717, 1.165) is 23.4 Å². The van der Waals surface area contributed by atoms with Gasteiger partial charge in [-0.1, -0.05) is 13.8 Å². The quantitative estimate of drug-likeness (QED) is 0.872. The van der Waals surface area contributed by atoms with Gasteiger partial charge in [-0.05, 0) is 73.8 Å². The first-order valence-electron chi connectivity index (χ1n) is 8.31. The summed E-state index contributed by atoms with van der Waals surface area (Å²) in [7, 11) is 0. The zero-order valence-electron chi connectivity index (χ0n) is 12.7. The molecule has 1 aromatic heterocycles. The van der Waals surface area contributed by atoms with Gasteiger partial charge in [-0.25, -0.2) is 0 Å². The molecule has 4 aliphatic rings. The van der Waals surface area contributed by atoms with Crippen molar-refractivity contribution in [2.24, 2.45) is 17.8 Å². The van der Waals surface area contributed by atoms with Crippen molar-refractivity contribution >= 4 is 5.69 Å². The molecule has 20 heavy (non-hydrogen) atoms. The Morgan fingerprint density at radius 1 is 1.10 bits per heavy atom. The van der Waals surface area contributed by atoms with E-state index < -0.39 is 0 Å². The summed E-state index contributed by atoms with van der Waals surface area (Å²) in [4.78, 5) is 4.86. The molecule has 4 bridgehead atoms. The molecule has 1 heterocycles. The lowest BCUT2D eigenvalue weighted by Crippen LogP contribution is -2.49. The number of nitrogen functional groups attached to an aromatic ring is 1. The molecule has 108 valence electrons. The van der Waals surface area contributed by atoms with Gasteiger partial charge in [0.1, 0.15) is 0 Å². The number of nitrogens with zero attached hydrogens (tertiary/aromatic N) is 1. The van der Waals surface area contributed by atoms with E-state index in [1.807, 2.05) is 6.20 Å². The van der Waals surface area contributed by atoms with Crippen molar-refractivity contribution in [3.63, 3.8) is 0 Å². The van der Waals surface area contributed by atoms with Crippen LogP contribution in [0.5, 0.6) is 0 Å². The molecular weight excluding hydrogens is 244 g/mol. The van der Waals surface area contributed by atoms with E-state index in [9.17, 15) is 0 Å². The lowest BCUT2D eigenvalue weighted by molar-refractivity contribution is -0.00771. The van der Waals surface area contributed by atoms with Crippen LogP contribution in [-0.2, 0) is 5.41 Å². The monoisotopic (exact) mass is 270 g/mol. The fourth-order valence-corrected chi connectivity index (χ4v) is 5.78. The Bertz CT molecular complexity index is 497. The van der Waals surface area contributed by atoms with E-state index in [4.69, 9.17) is 10.7 Å². The summed E-state index contributed by atoms with van der Waals surface area (Å²) in [5, 5.41) is 0. The zero-order chi connectivity index (χ0) is 13.9. The van der Waals surface area contributed by atoms with Gasteiger partial charge in [0.2, 0.25) is 0 Å². The number of pyridine rings is 1. The van der Waals surface area contributed by atoms with Crippen molar-refractivity contribution in [1.82, 2.24) is 4.98 Å². The average Bonchev–Trinajstić information content (AvgIpc) is 2.36. The van der Waals surface area contributed by atoms with Gasteiger partial charge < -0.3 is 5.73 Å². The first-order chi connectivity index (χ1) is 9.56. The maximum atomic E-state index is 5.99. The Labute approximate surface area is 122 Å². The summed E-state index contributed by atoms with van der Waals surface area (Å²) in [5.41, 5.74) is 10.0. The summed E-state index contributed by atoms with van der Waals surface area (Å²) in [5.74, 6) is 3.44. The Morgan fingerprint density at radius 2 is 1.65 bits per heavy atom. The Hall–Kier alpha value is -1.05. The highest BCUT2D eigenvalue weighted by Gasteiger charge is 2.52. The van der Waals surface area contributed by atoms with E-state index in [-0.39, 0.29) is 0 Å². The van der Waals surface area contributed by atoms with Crippen LogP contribution in [-0.4, -0.2) is 4.98 Å². The number of hydrogen-bond acceptors (Lipinski definition) is 2. The Morgan fingerprint density at radius 3 is 2.15 bits per heavy atom. The number of aromatic nitrogens is 1. The first kappa shape index (κ1) is 12.7. The van der Waals surface area contributed by atoms with Gasteiger partial charge in [0.05, 0.1) is 17.6 Å². The molecule has 0 radical (unpaired) electrons. The van der Waals surface area contributed by atoms with Gasteiger partial charge in [-0.15, -0.1) is 0 Å². The van der Waals surface area contributed by atoms with Gasteiger partial charge in [-0.2, -0.15) is 0 Å². The molecule has 4 saturated carbocycles. The highest BCUT2D eigenvalue weighted by molar-refractivity contribution is 5.44. The topological polar surface area (TPSA) is 38.9 Å². The SMILES string of the molecule is CC(C)c1cc(N)cnc1C12CC3CC(CC(C3)C1)C2. The molecule has 0 aliphatic heterocycles. The summed E-state index contributed by atoms with van der Waals surface area (Å²) >= 11 is 0. The van der Waals surface area contributed by atoms with Crippen LogP contribution in [0.2, 0.25) is 0 Å². The van der Waals surface area contributed by atoms with E-state index in [1.165, 1.54) is 49.8 Å². The molecule has 0 saturated heterocycles. The molecule has 0 unspecified atom stereocenters. The predicted octanol–water partition coefficient (Wildman–Crippen LogP) is 4.26. The number of nitrogens with two attached hydrogens (primary N) is 1. The molecule has 2 heteroatoms. The number of anilines is 1. The highest BCUT2D eigenvalue weighted by atomic mass is 14.8. The molecule has 0 spiro atoms. The van der Waals surface area contributed by atoms with Crippen LogP contribution < -0.4 is 5.73 Å². The second-order valence-corrected chi connectivity index (χ2v) is 8.06. The third-order valence-corrected chi connectivity index (χ3v) is 6.10. The smallest absolute Gasteiger partial charge is 0.0503 e. The fourth-order valence-electron chi connectivity index (χ4n) is 5.78. The van der Waals surface area contributed by atoms with Crippen LogP contribution in [0.1, 0.15) is 69.5 Å². The third kappa shape index (κ3) is 1.80. The molecule has 4 fully saturated rings. The second kappa shape index (κ2) is 4.22. The normalized spacial score (nSPS) is 38.6. The predicted molar refractivity (Wildman–Crippen MR) is 82.6 cm³/mol. The van der Waals surface area contributed by atoms with Crippen LogP contribution >= 0.6 is 0 Å². The molecule has 2 nitrogen and oxygen atoms in total. The molecule has 0 aromatic carbocycles. The number of rotatable bonds is 2. The third-order valence-electron chi connectivity index (χ3n) is 6.10. The summed E-state index contributed by atoms with van der Waals surface area (Å²) in [6.07, 6.45) is 10.5. The molecular formula is C18H26N2. The van der Waals surface area contributed by atoms with E-state index >= 15 is 0 Å². The minimum absolute atomic E-state index is 0.391. The van der Waals surface area contributed by atoms with Crippen LogP contribution in [0.3, 0.4) is 0 Å². The van der Waals surface area contributed by atoms with Crippen LogP contribution in [0, 0.1) is 17.8 Å². The maximum Gasteiger partial charge on any atom is 0.0503 e. The van der Waals surface area contributed by atoms with Gasteiger partial charge >= 0.3 is 0 Å². The standard InChI is InChI=1S/C18H26N2/c1-11(2)16-6-15(19)10-20-17(16)18-7-12-3-13(8-18)5-14(4-12)9-18/h6,10-14H,3-5,7-9,19H2,1-2H3. The zero-order valence-corrected chi connectivity index (χ0v) is 12.7. The van der Waals surface area contributed by atoms with Crippen molar-refractivity contribution in [2.45, 2.75) is 63.7 Å². The van der Waals surface area contributed by atoms with Crippen LogP contribution in [0.25, 0.3) is 0 Å². The highest BCUT2D eigenvalue weighted by Crippen LogP contribution is 2.61. The molecule has 0 amide bonds. The van der Waals surface area contributed by atoms with E-state index in [1.54, 1.807) is 0 Å². The maximum absolute atomic E-state index is 5.99. The van der Waals surface area contributed by atoms with Crippen molar-refractivity contribution in [3.05, 3.63) is 23.5 Å². The van der Waals surface area contributed by atoms with Gasteiger partial charge in [-0.3, -0.25) is 4.98 Å². The minimum atomic E-state index is 0.391. The summed E-state index contributed by atoms with van der Waals surface area (Å²) in [6.45, 7) is 4.56. The fraction of sp³-hybridized carbons (Fsp3) is 0.722. The number of hydrogen-bond donors (Lipinski definition) is 1. The summed E-state index contributed by atoms with van der Waals surface area (Å²) < 4.78 is 0. The Balaban J connectivity index is 1.81. The molecule has 0 atom stereocenters.